The van der Waals surface area contributed by atoms with Crippen LogP contribution < -0.4 is 0 Å². The number of rotatable bonds is 3. The molecule has 0 amide bonds. The third-order valence-electron chi connectivity index (χ3n) is 3.99. The number of hydrogen-bond acceptors (Lipinski definition) is 1. The minimum atomic E-state index is 0.147. The van der Waals surface area contributed by atoms with E-state index in [2.05, 4.69) is 28.1 Å². The number of Topliss-reactive ketones (excluding diaryl/α,β-unsaturated/α-hetero) is 1. The Morgan fingerprint density at radius 1 is 1.05 bits per heavy atom. The van der Waals surface area contributed by atoms with Gasteiger partial charge in [-0.2, -0.15) is 0 Å². The second-order valence-corrected chi connectivity index (χ2v) is 6.43. The topological polar surface area (TPSA) is 17.1 Å². The lowest BCUT2D eigenvalue weighted by atomic mass is 9.96. The molecule has 0 bridgehead atoms. The van der Waals surface area contributed by atoms with Crippen molar-refractivity contribution in [3.63, 3.8) is 0 Å². The molecule has 106 valence electrons. The van der Waals surface area contributed by atoms with Crippen LogP contribution in [0.5, 0.6) is 0 Å². The number of hydrogen-bond donors (Lipinski definition) is 0. The number of ketones is 1. The molecule has 0 radical (unpaired) electrons. The van der Waals surface area contributed by atoms with E-state index in [4.69, 9.17) is 0 Å². The normalized spacial score (nSPS) is 20.1. The molecule has 1 fully saturated rings. The lowest BCUT2D eigenvalue weighted by Crippen LogP contribution is -2.10. The highest BCUT2D eigenvalue weighted by Gasteiger charge is 2.28. The van der Waals surface area contributed by atoms with Crippen molar-refractivity contribution in [1.82, 2.24) is 0 Å². The Balaban J connectivity index is 1.73. The molecule has 2 heteroatoms. The van der Waals surface area contributed by atoms with E-state index in [1.165, 1.54) is 5.56 Å². The summed E-state index contributed by atoms with van der Waals surface area (Å²) < 4.78 is 1.06. The van der Waals surface area contributed by atoms with Gasteiger partial charge in [-0.05, 0) is 54.2 Å². The first-order valence-electron chi connectivity index (χ1n) is 7.26. The average Bonchev–Trinajstić information content (AvgIpc) is 2.84. The molecule has 1 atom stereocenters. The van der Waals surface area contributed by atoms with Gasteiger partial charge < -0.3 is 0 Å². The number of halogens is 1. The maximum absolute atomic E-state index is 12.5. The minimum absolute atomic E-state index is 0.147. The van der Waals surface area contributed by atoms with Crippen LogP contribution in [0, 0.1) is 5.92 Å². The van der Waals surface area contributed by atoms with E-state index < -0.39 is 0 Å². The monoisotopic (exact) mass is 340 g/mol. The zero-order valence-electron chi connectivity index (χ0n) is 11.8. The molecule has 1 aliphatic carbocycles. The highest BCUT2D eigenvalue weighted by Crippen LogP contribution is 2.31. The molecule has 0 heterocycles. The molecule has 3 rings (SSSR count). The van der Waals surface area contributed by atoms with Crippen molar-refractivity contribution in [3.05, 3.63) is 75.8 Å². The van der Waals surface area contributed by atoms with Crippen molar-refractivity contribution >= 4 is 27.8 Å². The molecule has 1 saturated carbocycles. The smallest absolute Gasteiger partial charge is 0.162 e. The summed E-state index contributed by atoms with van der Waals surface area (Å²) >= 11 is 3.43. The fraction of sp³-hybridized carbons (Fsp3) is 0.211. The first kappa shape index (κ1) is 14.3. The SMILES string of the molecule is O=C1C(=Cc2ccc(Br)cc2)CCC1Cc1ccccc1. The second kappa shape index (κ2) is 6.40. The van der Waals surface area contributed by atoms with Gasteiger partial charge in [-0.25, -0.2) is 0 Å². The van der Waals surface area contributed by atoms with Gasteiger partial charge in [0.25, 0.3) is 0 Å². The Kier molecular flexibility index (Phi) is 4.35. The Labute approximate surface area is 133 Å². The fourth-order valence-electron chi connectivity index (χ4n) is 2.84. The van der Waals surface area contributed by atoms with Gasteiger partial charge in [0.15, 0.2) is 5.78 Å². The molecule has 0 saturated heterocycles. The van der Waals surface area contributed by atoms with Crippen molar-refractivity contribution < 1.29 is 4.79 Å². The largest absolute Gasteiger partial charge is 0.294 e. The molecule has 2 aromatic rings. The van der Waals surface area contributed by atoms with Gasteiger partial charge in [-0.15, -0.1) is 0 Å². The average molecular weight is 341 g/mol. The van der Waals surface area contributed by atoms with Gasteiger partial charge in [-0.3, -0.25) is 4.79 Å². The van der Waals surface area contributed by atoms with Gasteiger partial charge in [0.2, 0.25) is 0 Å². The first-order valence-corrected chi connectivity index (χ1v) is 8.06. The fourth-order valence-corrected chi connectivity index (χ4v) is 3.11. The van der Waals surface area contributed by atoms with E-state index in [9.17, 15) is 4.79 Å². The summed E-state index contributed by atoms with van der Waals surface area (Å²) in [6.07, 6.45) is 4.76. The molecule has 0 aromatic heterocycles. The number of carbonyl (C=O) groups is 1. The molecule has 2 aromatic carbocycles. The lowest BCUT2D eigenvalue weighted by molar-refractivity contribution is -0.117. The van der Waals surface area contributed by atoms with Crippen LogP contribution in [-0.4, -0.2) is 5.78 Å². The van der Waals surface area contributed by atoms with Crippen LogP contribution in [0.25, 0.3) is 6.08 Å². The lowest BCUT2D eigenvalue weighted by Gasteiger charge is -2.07. The molecular formula is C19H17BrO. The summed E-state index contributed by atoms with van der Waals surface area (Å²) in [5.74, 6) is 0.468. The second-order valence-electron chi connectivity index (χ2n) is 5.51. The molecular weight excluding hydrogens is 324 g/mol. The third kappa shape index (κ3) is 3.51. The van der Waals surface area contributed by atoms with Crippen LogP contribution >= 0.6 is 15.9 Å². The summed E-state index contributed by atoms with van der Waals surface area (Å²) in [4.78, 5) is 12.5. The highest BCUT2D eigenvalue weighted by molar-refractivity contribution is 9.10. The summed E-state index contributed by atoms with van der Waals surface area (Å²) in [5.41, 5.74) is 3.32. The maximum atomic E-state index is 12.5. The summed E-state index contributed by atoms with van der Waals surface area (Å²) in [6, 6.07) is 18.4. The van der Waals surface area contributed by atoms with Crippen molar-refractivity contribution in [2.45, 2.75) is 19.3 Å². The Bertz CT molecular complexity index is 656. The van der Waals surface area contributed by atoms with Gasteiger partial charge in [-0.1, -0.05) is 58.4 Å². The molecule has 21 heavy (non-hydrogen) atoms. The number of benzene rings is 2. The molecule has 1 unspecified atom stereocenters. The van der Waals surface area contributed by atoms with Gasteiger partial charge in [0.1, 0.15) is 0 Å². The van der Waals surface area contributed by atoms with Crippen LogP contribution in [0.15, 0.2) is 64.6 Å². The van der Waals surface area contributed by atoms with Crippen molar-refractivity contribution in [2.75, 3.05) is 0 Å². The quantitative estimate of drug-likeness (QED) is 0.714. The highest BCUT2D eigenvalue weighted by atomic mass is 79.9. The number of allylic oxidation sites excluding steroid dienone is 1. The van der Waals surface area contributed by atoms with E-state index >= 15 is 0 Å². The Morgan fingerprint density at radius 3 is 2.48 bits per heavy atom. The van der Waals surface area contributed by atoms with E-state index in [1.807, 2.05) is 48.5 Å². The summed E-state index contributed by atoms with van der Waals surface area (Å²) in [6.45, 7) is 0. The Morgan fingerprint density at radius 2 is 1.76 bits per heavy atom. The summed E-state index contributed by atoms with van der Waals surface area (Å²) in [5, 5.41) is 0. The van der Waals surface area contributed by atoms with Gasteiger partial charge in [0, 0.05) is 10.4 Å². The maximum Gasteiger partial charge on any atom is 0.162 e. The van der Waals surface area contributed by atoms with Crippen molar-refractivity contribution in [1.29, 1.82) is 0 Å². The zero-order chi connectivity index (χ0) is 14.7. The molecule has 0 aliphatic heterocycles. The van der Waals surface area contributed by atoms with Gasteiger partial charge in [0.05, 0.1) is 0 Å². The van der Waals surface area contributed by atoms with Gasteiger partial charge >= 0.3 is 0 Å². The molecule has 1 aliphatic rings. The number of carbonyl (C=O) groups excluding carboxylic acids is 1. The van der Waals surface area contributed by atoms with Crippen LogP contribution in [-0.2, 0) is 11.2 Å². The Hall–Kier alpha value is -1.67. The van der Waals surface area contributed by atoms with Crippen molar-refractivity contribution in [3.8, 4) is 0 Å². The standard InChI is InChI=1S/C19H17BrO/c20-18-10-6-15(7-11-18)13-17-9-8-16(19(17)21)12-14-4-2-1-3-5-14/h1-7,10-11,13,16H,8-9,12H2. The van der Waals surface area contributed by atoms with Crippen LogP contribution in [0.4, 0.5) is 0 Å². The van der Waals surface area contributed by atoms with Crippen molar-refractivity contribution in [2.24, 2.45) is 5.92 Å². The van der Waals surface area contributed by atoms with E-state index in [-0.39, 0.29) is 5.92 Å². The van der Waals surface area contributed by atoms with Crippen LogP contribution in [0.1, 0.15) is 24.0 Å². The van der Waals surface area contributed by atoms with E-state index in [0.29, 0.717) is 5.78 Å². The van der Waals surface area contributed by atoms with Crippen LogP contribution in [0.2, 0.25) is 0 Å². The first-order chi connectivity index (χ1) is 10.2. The molecule has 0 spiro atoms. The minimum Gasteiger partial charge on any atom is -0.294 e. The van der Waals surface area contributed by atoms with E-state index in [1.54, 1.807) is 0 Å². The zero-order valence-corrected chi connectivity index (χ0v) is 13.3. The summed E-state index contributed by atoms with van der Waals surface area (Å²) in [7, 11) is 0. The van der Waals surface area contributed by atoms with E-state index in [0.717, 1.165) is 34.9 Å². The predicted molar refractivity (Wildman–Crippen MR) is 90.0 cm³/mol. The third-order valence-corrected chi connectivity index (χ3v) is 4.51. The van der Waals surface area contributed by atoms with Crippen LogP contribution in [0.3, 0.4) is 0 Å². The molecule has 1 nitrogen and oxygen atoms in total. The molecule has 0 N–H and O–H groups in total. The predicted octanol–water partition coefficient (Wildman–Crippen LogP) is 5.05.